The molecule has 3 rings (SSSR count). The van der Waals surface area contributed by atoms with Crippen LogP contribution in [0.1, 0.15) is 50.6 Å². The SMILES string of the molecule is c1ccc(CCNCC2CCC3(CCCCC3)O2)nc1. The number of pyridine rings is 1. The fourth-order valence-electron chi connectivity index (χ4n) is 3.63. The molecule has 2 heterocycles. The van der Waals surface area contributed by atoms with Gasteiger partial charge in [-0.15, -0.1) is 0 Å². The predicted molar refractivity (Wildman–Crippen MR) is 80.7 cm³/mol. The van der Waals surface area contributed by atoms with Crippen molar-refractivity contribution in [1.82, 2.24) is 10.3 Å². The number of ether oxygens (including phenoxy) is 1. The zero-order valence-corrected chi connectivity index (χ0v) is 12.3. The Kier molecular flexibility index (Phi) is 4.69. The second-order valence-electron chi connectivity index (χ2n) is 6.30. The van der Waals surface area contributed by atoms with Crippen molar-refractivity contribution in [1.29, 1.82) is 0 Å². The number of hydrogen-bond donors (Lipinski definition) is 1. The van der Waals surface area contributed by atoms with Gasteiger partial charge in [0.1, 0.15) is 0 Å². The monoisotopic (exact) mass is 274 g/mol. The van der Waals surface area contributed by atoms with E-state index in [9.17, 15) is 0 Å². The van der Waals surface area contributed by atoms with Gasteiger partial charge in [-0.1, -0.05) is 25.3 Å². The van der Waals surface area contributed by atoms with E-state index < -0.39 is 0 Å². The molecule has 1 spiro atoms. The van der Waals surface area contributed by atoms with Gasteiger partial charge in [0.2, 0.25) is 0 Å². The molecule has 1 aliphatic heterocycles. The third kappa shape index (κ3) is 3.58. The predicted octanol–water partition coefficient (Wildman–Crippen LogP) is 3.10. The van der Waals surface area contributed by atoms with E-state index in [1.54, 1.807) is 0 Å². The van der Waals surface area contributed by atoms with Gasteiger partial charge in [-0.05, 0) is 37.8 Å². The van der Waals surface area contributed by atoms with E-state index in [-0.39, 0.29) is 5.60 Å². The van der Waals surface area contributed by atoms with Crippen molar-refractivity contribution in [2.45, 2.75) is 63.1 Å². The number of nitrogens with zero attached hydrogens (tertiary/aromatic N) is 1. The zero-order valence-electron chi connectivity index (χ0n) is 12.3. The van der Waals surface area contributed by atoms with Crippen LogP contribution in [0.25, 0.3) is 0 Å². The summed E-state index contributed by atoms with van der Waals surface area (Å²) in [6.45, 7) is 1.98. The van der Waals surface area contributed by atoms with Gasteiger partial charge in [-0.3, -0.25) is 4.98 Å². The van der Waals surface area contributed by atoms with Crippen molar-refractivity contribution in [3.63, 3.8) is 0 Å². The summed E-state index contributed by atoms with van der Waals surface area (Å²) in [5.74, 6) is 0. The highest BCUT2D eigenvalue weighted by atomic mass is 16.5. The van der Waals surface area contributed by atoms with Crippen LogP contribution in [-0.4, -0.2) is 29.8 Å². The van der Waals surface area contributed by atoms with E-state index in [0.29, 0.717) is 6.10 Å². The lowest BCUT2D eigenvalue weighted by Crippen LogP contribution is -2.35. The quantitative estimate of drug-likeness (QED) is 0.838. The molecule has 0 aromatic carbocycles. The molecule has 0 bridgehead atoms. The van der Waals surface area contributed by atoms with Crippen LogP contribution in [0.2, 0.25) is 0 Å². The highest BCUT2D eigenvalue weighted by Gasteiger charge is 2.40. The Morgan fingerprint density at radius 3 is 2.90 bits per heavy atom. The van der Waals surface area contributed by atoms with E-state index >= 15 is 0 Å². The lowest BCUT2D eigenvalue weighted by atomic mass is 9.83. The zero-order chi connectivity index (χ0) is 13.7. The van der Waals surface area contributed by atoms with Gasteiger partial charge < -0.3 is 10.1 Å². The summed E-state index contributed by atoms with van der Waals surface area (Å²) in [5, 5.41) is 3.53. The summed E-state index contributed by atoms with van der Waals surface area (Å²) < 4.78 is 6.36. The van der Waals surface area contributed by atoms with E-state index in [4.69, 9.17) is 4.74 Å². The summed E-state index contributed by atoms with van der Waals surface area (Å²) in [6.07, 6.45) is 12.5. The topological polar surface area (TPSA) is 34.1 Å². The molecule has 2 aliphatic rings. The van der Waals surface area contributed by atoms with Gasteiger partial charge in [0.05, 0.1) is 11.7 Å². The molecule has 0 amide bonds. The van der Waals surface area contributed by atoms with Gasteiger partial charge in [0.15, 0.2) is 0 Å². The molecule has 1 saturated heterocycles. The van der Waals surface area contributed by atoms with Gasteiger partial charge in [-0.25, -0.2) is 0 Å². The van der Waals surface area contributed by atoms with Crippen LogP contribution in [-0.2, 0) is 11.2 Å². The lowest BCUT2D eigenvalue weighted by molar-refractivity contribution is -0.0622. The number of hydrogen-bond acceptors (Lipinski definition) is 3. The minimum Gasteiger partial charge on any atom is -0.370 e. The maximum Gasteiger partial charge on any atom is 0.0708 e. The minimum absolute atomic E-state index is 0.256. The van der Waals surface area contributed by atoms with E-state index in [1.807, 2.05) is 12.3 Å². The van der Waals surface area contributed by atoms with Crippen LogP contribution in [0.5, 0.6) is 0 Å². The standard InChI is InChI=1S/C17H26N2O/c1-3-9-17(10-4-1)11-7-16(20-17)14-18-13-8-15-6-2-5-12-19-15/h2,5-6,12,16,18H,1,3-4,7-11,13-14H2. The fourth-order valence-corrected chi connectivity index (χ4v) is 3.63. The van der Waals surface area contributed by atoms with Crippen LogP contribution in [0.3, 0.4) is 0 Å². The first-order valence-electron chi connectivity index (χ1n) is 8.15. The Hall–Kier alpha value is -0.930. The van der Waals surface area contributed by atoms with E-state index in [0.717, 1.165) is 25.2 Å². The Bertz CT molecular complexity index is 401. The molecule has 3 nitrogen and oxygen atoms in total. The van der Waals surface area contributed by atoms with Gasteiger partial charge in [0.25, 0.3) is 0 Å². The van der Waals surface area contributed by atoms with E-state index in [2.05, 4.69) is 22.4 Å². The lowest BCUT2D eigenvalue weighted by Gasteiger charge is -2.33. The molecule has 3 heteroatoms. The van der Waals surface area contributed by atoms with Crippen molar-refractivity contribution >= 4 is 0 Å². The number of rotatable bonds is 5. The summed E-state index contributed by atoms with van der Waals surface area (Å²) in [6, 6.07) is 6.10. The molecule has 1 N–H and O–H groups in total. The second kappa shape index (κ2) is 6.68. The summed E-state index contributed by atoms with van der Waals surface area (Å²) >= 11 is 0. The van der Waals surface area contributed by atoms with Crippen LogP contribution < -0.4 is 5.32 Å². The molecule has 1 saturated carbocycles. The second-order valence-corrected chi connectivity index (χ2v) is 6.30. The molecule has 1 atom stereocenters. The Morgan fingerprint density at radius 1 is 1.20 bits per heavy atom. The molecule has 0 radical (unpaired) electrons. The normalized spacial score (nSPS) is 25.1. The molecular formula is C17H26N2O. The highest BCUT2D eigenvalue weighted by Crippen LogP contribution is 2.41. The van der Waals surface area contributed by atoms with Crippen molar-refractivity contribution in [2.75, 3.05) is 13.1 Å². The largest absolute Gasteiger partial charge is 0.370 e. The third-order valence-electron chi connectivity index (χ3n) is 4.76. The smallest absolute Gasteiger partial charge is 0.0708 e. The van der Waals surface area contributed by atoms with Crippen LogP contribution in [0.15, 0.2) is 24.4 Å². The van der Waals surface area contributed by atoms with Crippen molar-refractivity contribution < 1.29 is 4.74 Å². The maximum absolute atomic E-state index is 6.36. The van der Waals surface area contributed by atoms with Crippen LogP contribution in [0, 0.1) is 0 Å². The minimum atomic E-state index is 0.256. The molecule has 1 aliphatic carbocycles. The Labute approximate surface area is 122 Å². The highest BCUT2D eigenvalue weighted by molar-refractivity contribution is 5.03. The van der Waals surface area contributed by atoms with E-state index in [1.165, 1.54) is 44.9 Å². The van der Waals surface area contributed by atoms with Crippen molar-refractivity contribution in [3.05, 3.63) is 30.1 Å². The molecular weight excluding hydrogens is 248 g/mol. The molecule has 1 aromatic heterocycles. The Morgan fingerprint density at radius 2 is 2.10 bits per heavy atom. The fraction of sp³-hybridized carbons (Fsp3) is 0.706. The van der Waals surface area contributed by atoms with Gasteiger partial charge >= 0.3 is 0 Å². The average molecular weight is 274 g/mol. The first kappa shape index (κ1) is 14.0. The number of aromatic nitrogens is 1. The molecule has 110 valence electrons. The summed E-state index contributed by atoms with van der Waals surface area (Å²) in [4.78, 5) is 4.35. The van der Waals surface area contributed by atoms with Crippen molar-refractivity contribution in [2.24, 2.45) is 0 Å². The maximum atomic E-state index is 6.36. The third-order valence-corrected chi connectivity index (χ3v) is 4.76. The first-order valence-corrected chi connectivity index (χ1v) is 8.15. The summed E-state index contributed by atoms with van der Waals surface area (Å²) in [5.41, 5.74) is 1.42. The van der Waals surface area contributed by atoms with Crippen LogP contribution in [0.4, 0.5) is 0 Å². The molecule has 2 fully saturated rings. The molecule has 1 unspecified atom stereocenters. The van der Waals surface area contributed by atoms with Crippen molar-refractivity contribution in [3.8, 4) is 0 Å². The number of nitrogens with one attached hydrogen (secondary N) is 1. The average Bonchev–Trinajstić information content (AvgIpc) is 2.88. The van der Waals surface area contributed by atoms with Crippen LogP contribution >= 0.6 is 0 Å². The Balaban J connectivity index is 1.35. The summed E-state index contributed by atoms with van der Waals surface area (Å²) in [7, 11) is 0. The molecule has 20 heavy (non-hydrogen) atoms. The van der Waals surface area contributed by atoms with Gasteiger partial charge in [0, 0.05) is 31.4 Å². The first-order chi connectivity index (χ1) is 9.86. The van der Waals surface area contributed by atoms with Gasteiger partial charge in [-0.2, -0.15) is 0 Å². The molecule has 1 aromatic rings.